The van der Waals surface area contributed by atoms with Gasteiger partial charge in [-0.3, -0.25) is 4.57 Å². The van der Waals surface area contributed by atoms with E-state index in [1.54, 1.807) is 25.3 Å². The molecule has 1 aromatic heterocycles. The minimum absolute atomic E-state index is 0.119. The van der Waals surface area contributed by atoms with Crippen molar-refractivity contribution < 1.29 is 27.1 Å². The Morgan fingerprint density at radius 2 is 1.79 bits per heavy atom. The van der Waals surface area contributed by atoms with Crippen LogP contribution in [-0.4, -0.2) is 24.1 Å². The van der Waals surface area contributed by atoms with E-state index < -0.39 is 12.1 Å². The zero-order chi connectivity index (χ0) is 20.3. The molecule has 0 saturated carbocycles. The molecule has 0 aliphatic carbocycles. The summed E-state index contributed by atoms with van der Waals surface area (Å²) in [5.74, 6) is -0.765. The molecule has 1 unspecified atom stereocenters. The van der Waals surface area contributed by atoms with Crippen LogP contribution < -0.4 is 10.5 Å². The van der Waals surface area contributed by atoms with Gasteiger partial charge in [-0.1, -0.05) is 31.5 Å². The fourth-order valence-corrected chi connectivity index (χ4v) is 3.07. The van der Waals surface area contributed by atoms with Gasteiger partial charge in [0.1, 0.15) is 5.75 Å². The van der Waals surface area contributed by atoms with E-state index in [9.17, 15) is 18.0 Å². The monoisotopic (exact) mass is 395 g/mol. The summed E-state index contributed by atoms with van der Waals surface area (Å²) in [6, 6.07) is 10.7. The van der Waals surface area contributed by atoms with Gasteiger partial charge in [-0.25, -0.2) is 4.79 Å². The van der Waals surface area contributed by atoms with Gasteiger partial charge in [-0.2, -0.15) is 0 Å². The average Bonchev–Trinajstić information content (AvgIpc) is 2.95. The van der Waals surface area contributed by atoms with E-state index in [-0.39, 0.29) is 11.9 Å². The molecule has 0 fully saturated rings. The molecule has 0 spiro atoms. The zero-order valence-electron chi connectivity index (χ0n) is 15.5. The first-order valence-corrected chi connectivity index (χ1v) is 8.83. The first-order chi connectivity index (χ1) is 13.3. The Labute approximate surface area is 159 Å². The van der Waals surface area contributed by atoms with Gasteiger partial charge in [0.05, 0.1) is 18.2 Å². The lowest BCUT2D eigenvalue weighted by Gasteiger charge is -2.14. The summed E-state index contributed by atoms with van der Waals surface area (Å²) in [5, 5.41) is 0. The molecular weight excluding hydrogens is 375 g/mol. The van der Waals surface area contributed by atoms with Crippen LogP contribution in [0, 0.1) is 0 Å². The number of halogens is 3. The highest BCUT2D eigenvalue weighted by molar-refractivity contribution is 5.80. The van der Waals surface area contributed by atoms with Crippen LogP contribution in [0.25, 0.3) is 22.2 Å². The molecule has 0 saturated heterocycles. The molecule has 0 aliphatic heterocycles. The normalized spacial score (nSPS) is 13.0. The van der Waals surface area contributed by atoms with Crippen LogP contribution in [0.15, 0.2) is 51.7 Å². The van der Waals surface area contributed by atoms with Crippen LogP contribution in [0.5, 0.6) is 5.75 Å². The maximum absolute atomic E-state index is 12.3. The number of benzene rings is 2. The highest BCUT2D eigenvalue weighted by Gasteiger charge is 2.31. The van der Waals surface area contributed by atoms with Crippen LogP contribution >= 0.6 is 0 Å². The molecule has 5 nitrogen and oxygen atoms in total. The van der Waals surface area contributed by atoms with Crippen LogP contribution in [-0.2, 0) is 11.3 Å². The van der Waals surface area contributed by atoms with Crippen molar-refractivity contribution >= 4 is 11.1 Å². The third-order valence-electron chi connectivity index (χ3n) is 4.42. The standard InChI is InChI=1S/C20H20F3NO4/c1-3-4-16(26-2)12-24-17-11-14(7-10-18(17)27-19(24)25)13-5-8-15(9-6-13)28-20(21,22)23/h5-11,16H,3-4,12H2,1-2H3. The van der Waals surface area contributed by atoms with E-state index >= 15 is 0 Å². The molecule has 0 radical (unpaired) electrons. The van der Waals surface area contributed by atoms with Crippen molar-refractivity contribution in [1.29, 1.82) is 0 Å². The lowest BCUT2D eigenvalue weighted by molar-refractivity contribution is -0.274. The van der Waals surface area contributed by atoms with Gasteiger partial charge in [-0.05, 0) is 41.8 Å². The summed E-state index contributed by atoms with van der Waals surface area (Å²) in [6.07, 6.45) is -3.13. The number of nitrogens with zero attached hydrogens (tertiary/aromatic N) is 1. The van der Waals surface area contributed by atoms with E-state index in [0.717, 1.165) is 18.4 Å². The molecule has 0 amide bonds. The highest BCUT2D eigenvalue weighted by atomic mass is 19.4. The van der Waals surface area contributed by atoms with E-state index in [4.69, 9.17) is 9.15 Å². The molecule has 0 aliphatic rings. The lowest BCUT2D eigenvalue weighted by atomic mass is 10.1. The van der Waals surface area contributed by atoms with Crippen LogP contribution in [0.2, 0.25) is 0 Å². The number of oxazole rings is 1. The topological polar surface area (TPSA) is 53.6 Å². The molecule has 1 heterocycles. The number of methoxy groups -OCH3 is 1. The Balaban J connectivity index is 1.93. The second-order valence-electron chi connectivity index (χ2n) is 6.38. The zero-order valence-corrected chi connectivity index (χ0v) is 15.5. The predicted molar refractivity (Wildman–Crippen MR) is 98.3 cm³/mol. The molecule has 3 rings (SSSR count). The number of hydrogen-bond donors (Lipinski definition) is 0. The fourth-order valence-electron chi connectivity index (χ4n) is 3.07. The van der Waals surface area contributed by atoms with Crippen LogP contribution in [0.4, 0.5) is 13.2 Å². The van der Waals surface area contributed by atoms with E-state index in [0.29, 0.717) is 23.2 Å². The summed E-state index contributed by atoms with van der Waals surface area (Å²) in [4.78, 5) is 12.2. The van der Waals surface area contributed by atoms with Crippen molar-refractivity contribution in [3.05, 3.63) is 53.0 Å². The number of rotatable bonds is 7. The summed E-state index contributed by atoms with van der Waals surface area (Å²) in [6.45, 7) is 2.39. The van der Waals surface area contributed by atoms with Gasteiger partial charge < -0.3 is 13.9 Å². The Bertz CT molecular complexity index is 989. The highest BCUT2D eigenvalue weighted by Crippen LogP contribution is 2.28. The SMILES string of the molecule is CCCC(Cn1c(=O)oc2ccc(-c3ccc(OC(F)(F)F)cc3)cc21)OC. The Hall–Kier alpha value is -2.74. The number of fused-ring (bicyclic) bond motifs is 1. The molecule has 8 heteroatoms. The van der Waals surface area contributed by atoms with Gasteiger partial charge in [0.25, 0.3) is 0 Å². The first kappa shape index (κ1) is 20.0. The van der Waals surface area contributed by atoms with Crippen molar-refractivity contribution in [3.63, 3.8) is 0 Å². The minimum Gasteiger partial charge on any atom is -0.408 e. The molecule has 1 atom stereocenters. The van der Waals surface area contributed by atoms with E-state index in [1.807, 2.05) is 6.92 Å². The van der Waals surface area contributed by atoms with Crippen molar-refractivity contribution in [3.8, 4) is 16.9 Å². The minimum atomic E-state index is -4.73. The van der Waals surface area contributed by atoms with Crippen LogP contribution in [0.3, 0.4) is 0 Å². The Kier molecular flexibility index (Phi) is 5.79. The molecule has 3 aromatic rings. The summed E-state index contributed by atoms with van der Waals surface area (Å²) in [7, 11) is 1.60. The van der Waals surface area contributed by atoms with Gasteiger partial charge in [0, 0.05) is 7.11 Å². The fraction of sp³-hybridized carbons (Fsp3) is 0.350. The Morgan fingerprint density at radius 3 is 2.39 bits per heavy atom. The molecule has 28 heavy (non-hydrogen) atoms. The van der Waals surface area contributed by atoms with Crippen molar-refractivity contribution in [1.82, 2.24) is 4.57 Å². The predicted octanol–water partition coefficient (Wildman–Crippen LogP) is 4.98. The lowest BCUT2D eigenvalue weighted by Crippen LogP contribution is -2.24. The third kappa shape index (κ3) is 4.56. The second kappa shape index (κ2) is 8.10. The van der Waals surface area contributed by atoms with Crippen molar-refractivity contribution in [2.24, 2.45) is 0 Å². The number of alkyl halides is 3. The molecule has 0 bridgehead atoms. The first-order valence-electron chi connectivity index (χ1n) is 8.83. The summed E-state index contributed by atoms with van der Waals surface area (Å²) in [5.41, 5.74) is 2.48. The molecule has 0 N–H and O–H groups in total. The maximum Gasteiger partial charge on any atom is 0.573 e. The third-order valence-corrected chi connectivity index (χ3v) is 4.42. The second-order valence-corrected chi connectivity index (χ2v) is 6.38. The summed E-state index contributed by atoms with van der Waals surface area (Å²) < 4.78 is 53.0. The maximum atomic E-state index is 12.3. The smallest absolute Gasteiger partial charge is 0.408 e. The van der Waals surface area contributed by atoms with Crippen LogP contribution in [0.1, 0.15) is 19.8 Å². The van der Waals surface area contributed by atoms with Crippen molar-refractivity contribution in [2.75, 3.05) is 7.11 Å². The van der Waals surface area contributed by atoms with Gasteiger partial charge >= 0.3 is 12.1 Å². The van der Waals surface area contributed by atoms with Gasteiger partial charge in [0.2, 0.25) is 0 Å². The van der Waals surface area contributed by atoms with E-state index in [1.165, 1.54) is 28.8 Å². The quantitative estimate of drug-likeness (QED) is 0.567. The number of ether oxygens (including phenoxy) is 2. The summed E-state index contributed by atoms with van der Waals surface area (Å²) >= 11 is 0. The molecule has 150 valence electrons. The van der Waals surface area contributed by atoms with E-state index in [2.05, 4.69) is 4.74 Å². The molecule has 2 aromatic carbocycles. The van der Waals surface area contributed by atoms with Crippen molar-refractivity contribution in [2.45, 2.75) is 38.8 Å². The van der Waals surface area contributed by atoms with Gasteiger partial charge in [-0.15, -0.1) is 13.2 Å². The van der Waals surface area contributed by atoms with Gasteiger partial charge in [0.15, 0.2) is 5.58 Å². The Morgan fingerprint density at radius 1 is 1.11 bits per heavy atom. The average molecular weight is 395 g/mol. The number of aromatic nitrogens is 1. The number of hydrogen-bond acceptors (Lipinski definition) is 4. The molecular formula is C20H20F3NO4. The largest absolute Gasteiger partial charge is 0.573 e.